The number of amides is 1. The number of fused-ring (bicyclic) bond motifs is 1. The number of halogens is 1. The van der Waals surface area contributed by atoms with Crippen LogP contribution in [0.4, 0.5) is 5.69 Å². The maximum absolute atomic E-state index is 13.1. The number of benzene rings is 2. The van der Waals surface area contributed by atoms with Crippen LogP contribution in [-0.2, 0) is 6.54 Å². The molecule has 0 saturated heterocycles. The lowest BCUT2D eigenvalue weighted by Crippen LogP contribution is -2.33. The molecule has 0 atom stereocenters. The van der Waals surface area contributed by atoms with Gasteiger partial charge in [0.1, 0.15) is 5.82 Å². The summed E-state index contributed by atoms with van der Waals surface area (Å²) in [5, 5.41) is 16.0. The van der Waals surface area contributed by atoms with Crippen LogP contribution in [0.15, 0.2) is 59.5 Å². The number of nitro benzene ring substituents is 1. The molecule has 0 aliphatic heterocycles. The molecule has 0 unspecified atom stereocenters. The van der Waals surface area contributed by atoms with Gasteiger partial charge in [-0.05, 0) is 42.8 Å². The van der Waals surface area contributed by atoms with Crippen molar-refractivity contribution in [2.75, 3.05) is 6.54 Å². The third-order valence-corrected chi connectivity index (χ3v) is 5.21. The van der Waals surface area contributed by atoms with Gasteiger partial charge in [0, 0.05) is 29.9 Å². The molecule has 0 radical (unpaired) electrons. The number of carbonyl (C=O) groups excluding carboxylic acids is 1. The SMILES string of the molecule is CCCN(Cc1nc2cc(Cl)ccc2c(=O)[nH]1)C(=O)c1ccn(-c2ccc([N+](=O)[O-])cc2)n1. The maximum atomic E-state index is 13.1. The van der Waals surface area contributed by atoms with Crippen LogP contribution >= 0.6 is 11.6 Å². The molecule has 2 aromatic heterocycles. The average Bonchev–Trinajstić information content (AvgIpc) is 3.28. The fourth-order valence-electron chi connectivity index (χ4n) is 3.41. The smallest absolute Gasteiger partial charge is 0.274 e. The van der Waals surface area contributed by atoms with Crippen molar-refractivity contribution in [3.05, 3.63) is 91.7 Å². The molecule has 4 rings (SSSR count). The Kier molecular flexibility index (Phi) is 6.18. The molecule has 0 spiro atoms. The quantitative estimate of drug-likeness (QED) is 0.326. The summed E-state index contributed by atoms with van der Waals surface area (Å²) >= 11 is 6.03. The van der Waals surface area contributed by atoms with E-state index in [-0.39, 0.29) is 29.4 Å². The van der Waals surface area contributed by atoms with Gasteiger partial charge in [-0.3, -0.25) is 19.7 Å². The van der Waals surface area contributed by atoms with Crippen LogP contribution in [0.1, 0.15) is 29.7 Å². The summed E-state index contributed by atoms with van der Waals surface area (Å²) in [5.41, 5.74) is 0.896. The highest BCUT2D eigenvalue weighted by molar-refractivity contribution is 6.31. The van der Waals surface area contributed by atoms with Crippen LogP contribution in [0.5, 0.6) is 0 Å². The van der Waals surface area contributed by atoms with Gasteiger partial charge in [-0.25, -0.2) is 9.67 Å². The van der Waals surface area contributed by atoms with E-state index in [4.69, 9.17) is 11.6 Å². The largest absolute Gasteiger partial charge is 0.330 e. The van der Waals surface area contributed by atoms with E-state index < -0.39 is 4.92 Å². The predicted octanol–water partition coefficient (Wildman–Crippen LogP) is 3.72. The van der Waals surface area contributed by atoms with Crippen molar-refractivity contribution in [3.63, 3.8) is 0 Å². The molecule has 2 aromatic carbocycles. The fraction of sp³-hybridized carbons (Fsp3) is 0.182. The summed E-state index contributed by atoms with van der Waals surface area (Å²) in [4.78, 5) is 44.7. The van der Waals surface area contributed by atoms with E-state index in [0.717, 1.165) is 0 Å². The first-order valence-corrected chi connectivity index (χ1v) is 10.5. The van der Waals surface area contributed by atoms with Crippen molar-refractivity contribution in [2.24, 2.45) is 0 Å². The number of nitro groups is 1. The van der Waals surface area contributed by atoms with Crippen LogP contribution in [0.3, 0.4) is 0 Å². The predicted molar refractivity (Wildman–Crippen MR) is 123 cm³/mol. The monoisotopic (exact) mass is 466 g/mol. The van der Waals surface area contributed by atoms with E-state index in [2.05, 4.69) is 15.1 Å². The summed E-state index contributed by atoms with van der Waals surface area (Å²) in [7, 11) is 0. The second-order valence-corrected chi connectivity index (χ2v) is 7.76. The molecule has 1 amide bonds. The highest BCUT2D eigenvalue weighted by Crippen LogP contribution is 2.17. The molecule has 33 heavy (non-hydrogen) atoms. The van der Waals surface area contributed by atoms with E-state index in [0.29, 0.717) is 40.4 Å². The first kappa shape index (κ1) is 22.2. The van der Waals surface area contributed by atoms with Gasteiger partial charge in [-0.15, -0.1) is 0 Å². The Labute approximate surface area is 192 Å². The Morgan fingerprint density at radius 1 is 1.21 bits per heavy atom. The summed E-state index contributed by atoms with van der Waals surface area (Å²) in [6.45, 7) is 2.46. The standard InChI is InChI=1S/C22H19ClN6O4/c1-2-10-27(13-20-24-19-12-14(23)3-8-17(19)21(30)25-20)22(31)18-9-11-28(26-18)15-4-6-16(7-5-15)29(32)33/h3-9,11-12H,2,10,13H2,1H3,(H,24,25,30). The molecular formula is C22H19ClN6O4. The molecule has 2 heterocycles. The minimum atomic E-state index is -0.483. The van der Waals surface area contributed by atoms with Crippen molar-refractivity contribution in [1.29, 1.82) is 0 Å². The number of aromatic amines is 1. The Bertz CT molecular complexity index is 1400. The number of H-pyrrole nitrogens is 1. The lowest BCUT2D eigenvalue weighted by molar-refractivity contribution is -0.384. The molecule has 168 valence electrons. The normalized spacial score (nSPS) is 11.0. The number of aromatic nitrogens is 4. The lowest BCUT2D eigenvalue weighted by Gasteiger charge is -2.20. The zero-order valence-electron chi connectivity index (χ0n) is 17.6. The van der Waals surface area contributed by atoms with Gasteiger partial charge in [0.2, 0.25) is 0 Å². The molecule has 10 nitrogen and oxygen atoms in total. The summed E-state index contributed by atoms with van der Waals surface area (Å²) in [6, 6.07) is 12.2. The first-order chi connectivity index (χ1) is 15.9. The van der Waals surface area contributed by atoms with Crippen molar-refractivity contribution >= 4 is 34.1 Å². The van der Waals surface area contributed by atoms with Crippen molar-refractivity contribution < 1.29 is 9.72 Å². The molecule has 0 aliphatic rings. The van der Waals surface area contributed by atoms with E-state index in [9.17, 15) is 19.7 Å². The first-order valence-electron chi connectivity index (χ1n) is 10.1. The van der Waals surface area contributed by atoms with Crippen molar-refractivity contribution in [2.45, 2.75) is 19.9 Å². The minimum Gasteiger partial charge on any atom is -0.330 e. The average molecular weight is 467 g/mol. The van der Waals surface area contributed by atoms with E-state index in [1.807, 2.05) is 6.92 Å². The van der Waals surface area contributed by atoms with Gasteiger partial charge in [0.25, 0.3) is 17.2 Å². The van der Waals surface area contributed by atoms with Gasteiger partial charge in [-0.1, -0.05) is 18.5 Å². The van der Waals surface area contributed by atoms with E-state index in [1.54, 1.807) is 47.5 Å². The molecule has 0 fully saturated rings. The Morgan fingerprint density at radius 2 is 1.97 bits per heavy atom. The van der Waals surface area contributed by atoms with Gasteiger partial charge < -0.3 is 9.88 Å². The number of rotatable bonds is 7. The molecule has 4 aromatic rings. The second kappa shape index (κ2) is 9.21. The van der Waals surface area contributed by atoms with Crippen molar-refractivity contribution in [1.82, 2.24) is 24.6 Å². The Morgan fingerprint density at radius 3 is 2.67 bits per heavy atom. The minimum absolute atomic E-state index is 0.0329. The molecule has 0 aliphatic carbocycles. The highest BCUT2D eigenvalue weighted by Gasteiger charge is 2.20. The molecule has 1 N–H and O–H groups in total. The van der Waals surface area contributed by atoms with Gasteiger partial charge >= 0.3 is 0 Å². The third-order valence-electron chi connectivity index (χ3n) is 4.97. The van der Waals surface area contributed by atoms with E-state index >= 15 is 0 Å². The van der Waals surface area contributed by atoms with Crippen molar-refractivity contribution in [3.8, 4) is 5.69 Å². The molecule has 11 heteroatoms. The zero-order valence-corrected chi connectivity index (χ0v) is 18.3. The Balaban J connectivity index is 1.58. The summed E-state index contributed by atoms with van der Waals surface area (Å²) in [5.74, 6) is 0.0118. The maximum Gasteiger partial charge on any atom is 0.274 e. The zero-order chi connectivity index (χ0) is 23.5. The fourth-order valence-corrected chi connectivity index (χ4v) is 3.58. The number of nitrogens with one attached hydrogen (secondary N) is 1. The highest BCUT2D eigenvalue weighted by atomic mass is 35.5. The number of carbonyl (C=O) groups is 1. The van der Waals surface area contributed by atoms with Gasteiger partial charge in [0.15, 0.2) is 5.69 Å². The van der Waals surface area contributed by atoms with Crippen LogP contribution in [0, 0.1) is 10.1 Å². The summed E-state index contributed by atoms with van der Waals surface area (Å²) in [6.07, 6.45) is 2.30. The van der Waals surface area contributed by atoms with Crippen LogP contribution in [-0.4, -0.2) is 42.0 Å². The second-order valence-electron chi connectivity index (χ2n) is 7.32. The van der Waals surface area contributed by atoms with Gasteiger partial charge in [-0.2, -0.15) is 5.10 Å². The number of hydrogen-bond acceptors (Lipinski definition) is 6. The lowest BCUT2D eigenvalue weighted by atomic mass is 10.2. The third kappa shape index (κ3) is 4.75. The van der Waals surface area contributed by atoms with E-state index in [1.165, 1.54) is 16.8 Å². The van der Waals surface area contributed by atoms with Crippen LogP contribution in [0.25, 0.3) is 16.6 Å². The topological polar surface area (TPSA) is 127 Å². The van der Waals surface area contributed by atoms with Gasteiger partial charge in [0.05, 0.1) is 28.1 Å². The Hall–Kier alpha value is -4.05. The number of nitrogens with zero attached hydrogens (tertiary/aromatic N) is 5. The summed E-state index contributed by atoms with van der Waals surface area (Å²) < 4.78 is 1.47. The molecular weight excluding hydrogens is 448 g/mol. The molecule has 0 bridgehead atoms. The van der Waals surface area contributed by atoms with Crippen LogP contribution < -0.4 is 5.56 Å². The number of hydrogen-bond donors (Lipinski definition) is 1. The molecule has 0 saturated carbocycles. The number of non-ortho nitro benzene ring substituents is 1. The van der Waals surface area contributed by atoms with Crippen LogP contribution in [0.2, 0.25) is 5.02 Å².